The van der Waals surface area contributed by atoms with Crippen LogP contribution in [0.2, 0.25) is 0 Å². The van der Waals surface area contributed by atoms with Crippen LogP contribution in [0.1, 0.15) is 19.8 Å². The van der Waals surface area contributed by atoms with E-state index in [1.165, 1.54) is 28.3 Å². The van der Waals surface area contributed by atoms with Gasteiger partial charge in [-0.15, -0.1) is 0 Å². The summed E-state index contributed by atoms with van der Waals surface area (Å²) in [6.45, 7) is 2.82. The number of aromatic nitrogens is 1. The highest BCUT2D eigenvalue weighted by atomic mass is 32.2. The monoisotopic (exact) mass is 315 g/mol. The first-order valence-electron chi connectivity index (χ1n) is 6.33. The van der Waals surface area contributed by atoms with Crippen LogP contribution in [0.15, 0.2) is 28.3 Å². The van der Waals surface area contributed by atoms with Crippen molar-refractivity contribution < 1.29 is 13.2 Å². The van der Waals surface area contributed by atoms with E-state index in [0.717, 1.165) is 12.8 Å². The Kier molecular flexibility index (Phi) is 4.66. The lowest BCUT2D eigenvalue weighted by atomic mass is 10.4. The lowest BCUT2D eigenvalue weighted by molar-refractivity contribution is -0.117. The van der Waals surface area contributed by atoms with Crippen LogP contribution in [-0.2, 0) is 14.8 Å². The molecule has 1 atom stereocenters. The molecule has 0 aliphatic carbocycles. The number of hydrogen-bond acceptors (Lipinski definition) is 5. The molecule has 1 aromatic heterocycles. The highest BCUT2D eigenvalue weighted by Gasteiger charge is 2.27. The Hall–Kier alpha value is -1.12. The van der Waals surface area contributed by atoms with Gasteiger partial charge in [-0.3, -0.25) is 4.79 Å². The predicted molar refractivity (Wildman–Crippen MR) is 76.7 cm³/mol. The molecule has 1 fully saturated rings. The fraction of sp³-hybridized carbons (Fsp3) is 0.500. The molecule has 0 aromatic carbocycles. The Morgan fingerprint density at radius 3 is 2.55 bits per heavy atom. The summed E-state index contributed by atoms with van der Waals surface area (Å²) in [5.74, 6) is -0.425. The molecule has 1 saturated heterocycles. The maximum absolute atomic E-state index is 12.3. The number of nitrogens with zero attached hydrogens (tertiary/aromatic N) is 2. The molecule has 0 saturated carbocycles. The highest BCUT2D eigenvalue weighted by Crippen LogP contribution is 2.24. The van der Waals surface area contributed by atoms with Gasteiger partial charge >= 0.3 is 0 Å². The largest absolute Gasteiger partial charge is 0.369 e. The van der Waals surface area contributed by atoms with Crippen molar-refractivity contribution in [2.75, 3.05) is 13.1 Å². The van der Waals surface area contributed by atoms with Crippen LogP contribution >= 0.6 is 11.8 Å². The van der Waals surface area contributed by atoms with E-state index in [1.54, 1.807) is 13.0 Å². The van der Waals surface area contributed by atoms with Crippen molar-refractivity contribution in [3.05, 3.63) is 18.3 Å². The normalized spacial score (nSPS) is 18.1. The van der Waals surface area contributed by atoms with E-state index >= 15 is 0 Å². The van der Waals surface area contributed by atoms with Crippen molar-refractivity contribution in [2.45, 2.75) is 34.9 Å². The quantitative estimate of drug-likeness (QED) is 0.812. The molecule has 0 radical (unpaired) electrons. The second kappa shape index (κ2) is 6.11. The summed E-state index contributed by atoms with van der Waals surface area (Å²) in [6, 6.07) is 3.13. The first kappa shape index (κ1) is 15.3. The molecule has 1 aliphatic rings. The minimum absolute atomic E-state index is 0.190. The Labute approximate surface area is 122 Å². The molecule has 20 heavy (non-hydrogen) atoms. The predicted octanol–water partition coefficient (Wildman–Crippen LogP) is 0.832. The van der Waals surface area contributed by atoms with Gasteiger partial charge in [0.15, 0.2) is 0 Å². The minimum Gasteiger partial charge on any atom is -0.369 e. The van der Waals surface area contributed by atoms with E-state index in [4.69, 9.17) is 5.73 Å². The first-order chi connectivity index (χ1) is 9.41. The highest BCUT2D eigenvalue weighted by molar-refractivity contribution is 8.00. The fourth-order valence-corrected chi connectivity index (χ4v) is 4.11. The van der Waals surface area contributed by atoms with Crippen LogP contribution in [0.3, 0.4) is 0 Å². The SMILES string of the molecule is CC(Sc1ccc(S(=O)(=O)N2CCCC2)cn1)C(N)=O. The zero-order valence-corrected chi connectivity index (χ0v) is 12.8. The van der Waals surface area contributed by atoms with Crippen LogP contribution in [-0.4, -0.2) is 42.0 Å². The molecule has 1 aromatic rings. The summed E-state index contributed by atoms with van der Waals surface area (Å²) in [7, 11) is -3.43. The van der Waals surface area contributed by atoms with Crippen LogP contribution in [0, 0.1) is 0 Å². The van der Waals surface area contributed by atoms with Gasteiger partial charge in [-0.1, -0.05) is 11.8 Å². The van der Waals surface area contributed by atoms with Gasteiger partial charge in [0.05, 0.1) is 10.3 Å². The lowest BCUT2D eigenvalue weighted by Gasteiger charge is -2.15. The summed E-state index contributed by atoms with van der Waals surface area (Å²) in [6.07, 6.45) is 3.14. The van der Waals surface area contributed by atoms with Crippen molar-refractivity contribution in [2.24, 2.45) is 5.73 Å². The minimum atomic E-state index is -3.43. The van der Waals surface area contributed by atoms with Crippen molar-refractivity contribution in [1.29, 1.82) is 0 Å². The molecule has 0 spiro atoms. The molecule has 8 heteroatoms. The summed E-state index contributed by atoms with van der Waals surface area (Å²) in [5.41, 5.74) is 5.18. The van der Waals surface area contributed by atoms with Crippen molar-refractivity contribution >= 4 is 27.7 Å². The topological polar surface area (TPSA) is 93.4 Å². The fourth-order valence-electron chi connectivity index (χ4n) is 1.91. The lowest BCUT2D eigenvalue weighted by Crippen LogP contribution is -2.28. The van der Waals surface area contributed by atoms with E-state index in [2.05, 4.69) is 4.98 Å². The number of sulfonamides is 1. The van der Waals surface area contributed by atoms with Gasteiger partial charge in [-0.25, -0.2) is 13.4 Å². The van der Waals surface area contributed by atoms with Gasteiger partial charge in [0.25, 0.3) is 0 Å². The van der Waals surface area contributed by atoms with E-state index < -0.39 is 21.2 Å². The van der Waals surface area contributed by atoms with Crippen LogP contribution < -0.4 is 5.73 Å². The number of hydrogen-bond donors (Lipinski definition) is 1. The van der Waals surface area contributed by atoms with Crippen molar-refractivity contribution in [3.63, 3.8) is 0 Å². The number of amides is 1. The zero-order valence-electron chi connectivity index (χ0n) is 11.2. The third-order valence-electron chi connectivity index (χ3n) is 3.11. The summed E-state index contributed by atoms with van der Waals surface area (Å²) in [5, 5.41) is 0.181. The molecule has 2 rings (SSSR count). The summed E-state index contributed by atoms with van der Waals surface area (Å²) < 4.78 is 26.0. The second-order valence-electron chi connectivity index (χ2n) is 4.61. The van der Waals surface area contributed by atoms with E-state index in [0.29, 0.717) is 18.1 Å². The Morgan fingerprint density at radius 1 is 1.40 bits per heavy atom. The first-order valence-corrected chi connectivity index (χ1v) is 8.65. The van der Waals surface area contributed by atoms with E-state index in [-0.39, 0.29) is 4.90 Å². The van der Waals surface area contributed by atoms with Gasteiger partial charge in [0.1, 0.15) is 4.90 Å². The standard InChI is InChI=1S/C12H17N3O3S2/c1-9(12(13)16)19-11-5-4-10(8-14-11)20(17,18)15-6-2-3-7-15/h4-5,8-9H,2-3,6-7H2,1H3,(H2,13,16). The molecule has 1 aliphatic heterocycles. The van der Waals surface area contributed by atoms with Gasteiger partial charge in [-0.05, 0) is 31.9 Å². The number of carbonyl (C=O) groups excluding carboxylic acids is 1. The van der Waals surface area contributed by atoms with Crippen LogP contribution in [0.5, 0.6) is 0 Å². The van der Waals surface area contributed by atoms with Crippen molar-refractivity contribution in [3.8, 4) is 0 Å². The maximum atomic E-state index is 12.3. The van der Waals surface area contributed by atoms with E-state index in [1.807, 2.05) is 0 Å². The number of primary amides is 1. The van der Waals surface area contributed by atoms with Crippen LogP contribution in [0.25, 0.3) is 0 Å². The molecule has 2 N–H and O–H groups in total. The third-order valence-corrected chi connectivity index (χ3v) is 6.06. The van der Waals surface area contributed by atoms with Crippen LogP contribution in [0.4, 0.5) is 0 Å². The van der Waals surface area contributed by atoms with Gasteiger partial charge in [0.2, 0.25) is 15.9 Å². The molecule has 1 unspecified atom stereocenters. The molecule has 6 nitrogen and oxygen atoms in total. The van der Waals surface area contributed by atoms with Crippen molar-refractivity contribution in [1.82, 2.24) is 9.29 Å². The molecule has 0 bridgehead atoms. The molecule has 2 heterocycles. The Morgan fingerprint density at radius 2 is 2.05 bits per heavy atom. The summed E-state index contributed by atoms with van der Waals surface area (Å²) >= 11 is 1.21. The van der Waals surface area contributed by atoms with Gasteiger partial charge < -0.3 is 5.73 Å². The third kappa shape index (κ3) is 3.31. The smallest absolute Gasteiger partial charge is 0.244 e. The maximum Gasteiger partial charge on any atom is 0.244 e. The molecule has 110 valence electrons. The van der Waals surface area contributed by atoms with E-state index in [9.17, 15) is 13.2 Å². The molecular formula is C12H17N3O3S2. The Bertz CT molecular complexity index is 580. The van der Waals surface area contributed by atoms with Gasteiger partial charge in [0, 0.05) is 19.3 Å². The second-order valence-corrected chi connectivity index (χ2v) is 7.90. The number of carbonyl (C=O) groups is 1. The van der Waals surface area contributed by atoms with Gasteiger partial charge in [-0.2, -0.15) is 4.31 Å². The summed E-state index contributed by atoms with van der Waals surface area (Å²) in [4.78, 5) is 15.3. The number of thioether (sulfide) groups is 1. The average molecular weight is 315 g/mol. The molecular weight excluding hydrogens is 298 g/mol. The number of nitrogens with two attached hydrogens (primary N) is 1. The zero-order chi connectivity index (χ0) is 14.8. The Balaban J connectivity index is 2.13. The number of rotatable bonds is 5. The number of pyridine rings is 1. The molecule has 1 amide bonds. The average Bonchev–Trinajstić information content (AvgIpc) is 2.93.